The second-order valence-corrected chi connectivity index (χ2v) is 13.6. The summed E-state index contributed by atoms with van der Waals surface area (Å²) in [6, 6.07) is 43.9. The molecule has 0 heterocycles. The predicted octanol–water partition coefficient (Wildman–Crippen LogP) is 8.65. The first-order valence-electron chi connectivity index (χ1n) is 14.4. The number of hydrogen-bond acceptors (Lipinski definition) is 1. The van der Waals surface area contributed by atoms with Gasteiger partial charge in [-0.15, -0.1) is 0 Å². The maximum Gasteiger partial charge on any atom is 0.112 e. The summed E-state index contributed by atoms with van der Waals surface area (Å²) in [5.41, 5.74) is 1.23. The van der Waals surface area contributed by atoms with Crippen LogP contribution in [0, 0.1) is 0 Å². The smallest absolute Gasteiger partial charge is 0.112 e. The third-order valence-electron chi connectivity index (χ3n) is 7.19. The molecule has 4 rings (SSSR count). The molecule has 0 bridgehead atoms. The van der Waals surface area contributed by atoms with E-state index < -0.39 is 7.26 Å². The summed E-state index contributed by atoms with van der Waals surface area (Å²) in [7, 11) is -1.78. The minimum Gasteiger partial charge on any atom is -0.369 e. The lowest BCUT2D eigenvalue weighted by molar-refractivity contribution is 0.0648. The van der Waals surface area contributed by atoms with Gasteiger partial charge >= 0.3 is 0 Å². The second-order valence-electron chi connectivity index (χ2n) is 9.97. The Hall–Kier alpha value is -3.25. The SMILES string of the molecule is CCCCC[C@@H](/C=C/C=C\CC[P+](c1ccccc1)(c1ccccc1)c1ccccc1)OCc1ccccc1. The van der Waals surface area contributed by atoms with E-state index in [-0.39, 0.29) is 6.10 Å². The van der Waals surface area contributed by atoms with E-state index in [2.05, 4.69) is 153 Å². The molecule has 1 atom stereocenters. The van der Waals surface area contributed by atoms with Crippen molar-refractivity contribution in [3.8, 4) is 0 Å². The lowest BCUT2D eigenvalue weighted by Crippen LogP contribution is -2.33. The molecule has 0 aliphatic heterocycles. The molecule has 0 unspecified atom stereocenters. The highest BCUT2D eigenvalue weighted by atomic mass is 31.2. The quantitative estimate of drug-likeness (QED) is 0.0844. The molecule has 0 amide bonds. The summed E-state index contributed by atoms with van der Waals surface area (Å²) in [6.45, 7) is 2.91. The maximum absolute atomic E-state index is 6.29. The highest BCUT2D eigenvalue weighted by Gasteiger charge is 2.44. The number of allylic oxidation sites excluding steroid dienone is 3. The molecule has 200 valence electrons. The molecular formula is C37H42OP+. The summed E-state index contributed by atoms with van der Waals surface area (Å²) < 4.78 is 6.29. The van der Waals surface area contributed by atoms with Gasteiger partial charge in [0.25, 0.3) is 0 Å². The molecule has 4 aromatic carbocycles. The van der Waals surface area contributed by atoms with Gasteiger partial charge in [-0.25, -0.2) is 0 Å². The molecular weight excluding hydrogens is 491 g/mol. The minimum atomic E-state index is -1.78. The van der Waals surface area contributed by atoms with E-state index in [1.165, 1.54) is 40.7 Å². The standard InChI is InChI=1S/C37H42OP/c1-2-3-10-23-34(38-32-33-21-11-6-12-22-33)24-13-4-5-20-31-39(35-25-14-7-15-26-35,36-27-16-8-17-28-36)37-29-18-9-19-30-37/h4-9,11-19,21-22,24-30,34H,2-3,10,20,23,31-32H2,1H3/q+1/b5-4-,24-13+/t34-/m0/s1. The zero-order chi connectivity index (χ0) is 27.0. The maximum atomic E-state index is 6.29. The Morgan fingerprint density at radius 1 is 0.641 bits per heavy atom. The number of ether oxygens (including phenoxy) is 1. The van der Waals surface area contributed by atoms with E-state index in [4.69, 9.17) is 4.74 Å². The van der Waals surface area contributed by atoms with Crippen LogP contribution in [-0.4, -0.2) is 12.3 Å². The van der Waals surface area contributed by atoms with Crippen molar-refractivity contribution in [1.29, 1.82) is 0 Å². The Balaban J connectivity index is 1.49. The van der Waals surface area contributed by atoms with E-state index in [0.29, 0.717) is 6.61 Å². The Bertz CT molecular complexity index is 1150. The average molecular weight is 534 g/mol. The Morgan fingerprint density at radius 2 is 1.15 bits per heavy atom. The number of benzene rings is 4. The van der Waals surface area contributed by atoms with Crippen molar-refractivity contribution < 1.29 is 4.74 Å². The summed E-state index contributed by atoms with van der Waals surface area (Å²) in [5.74, 6) is 0. The van der Waals surface area contributed by atoms with Crippen molar-refractivity contribution >= 4 is 23.2 Å². The summed E-state index contributed by atoms with van der Waals surface area (Å²) in [5, 5.41) is 4.32. The predicted molar refractivity (Wildman–Crippen MR) is 172 cm³/mol. The fourth-order valence-corrected chi connectivity index (χ4v) is 9.37. The zero-order valence-corrected chi connectivity index (χ0v) is 24.1. The fourth-order valence-electron chi connectivity index (χ4n) is 5.12. The van der Waals surface area contributed by atoms with Gasteiger partial charge in [0.1, 0.15) is 23.2 Å². The van der Waals surface area contributed by atoms with Crippen molar-refractivity contribution in [2.75, 3.05) is 6.16 Å². The van der Waals surface area contributed by atoms with Crippen LogP contribution in [0.25, 0.3) is 0 Å². The van der Waals surface area contributed by atoms with E-state index in [0.717, 1.165) is 19.0 Å². The van der Waals surface area contributed by atoms with Crippen LogP contribution in [0.2, 0.25) is 0 Å². The molecule has 0 N–H and O–H groups in total. The van der Waals surface area contributed by atoms with Gasteiger partial charge in [0, 0.05) is 6.42 Å². The van der Waals surface area contributed by atoms with Crippen LogP contribution in [0.1, 0.15) is 44.6 Å². The van der Waals surface area contributed by atoms with Gasteiger partial charge in [0.05, 0.1) is 18.9 Å². The molecule has 39 heavy (non-hydrogen) atoms. The van der Waals surface area contributed by atoms with Crippen LogP contribution in [-0.2, 0) is 11.3 Å². The van der Waals surface area contributed by atoms with Crippen LogP contribution in [0.4, 0.5) is 0 Å². The summed E-state index contributed by atoms with van der Waals surface area (Å²) in [4.78, 5) is 0. The molecule has 2 heteroatoms. The van der Waals surface area contributed by atoms with E-state index >= 15 is 0 Å². The minimum absolute atomic E-state index is 0.144. The van der Waals surface area contributed by atoms with Gasteiger partial charge in [0.2, 0.25) is 0 Å². The third kappa shape index (κ3) is 8.37. The van der Waals surface area contributed by atoms with Gasteiger partial charge in [-0.05, 0) is 48.4 Å². The van der Waals surface area contributed by atoms with Crippen molar-refractivity contribution in [3.63, 3.8) is 0 Å². The van der Waals surface area contributed by atoms with E-state index in [1.807, 2.05) is 0 Å². The average Bonchev–Trinajstić information content (AvgIpc) is 3.01. The first-order chi connectivity index (χ1) is 19.3. The normalized spacial score (nSPS) is 12.7. The van der Waals surface area contributed by atoms with Crippen molar-refractivity contribution in [2.45, 2.75) is 51.7 Å². The van der Waals surface area contributed by atoms with Crippen molar-refractivity contribution in [2.24, 2.45) is 0 Å². The first-order valence-corrected chi connectivity index (χ1v) is 16.3. The molecule has 0 fully saturated rings. The molecule has 0 aliphatic rings. The van der Waals surface area contributed by atoms with Crippen LogP contribution >= 0.6 is 7.26 Å². The number of rotatable bonds is 15. The van der Waals surface area contributed by atoms with Crippen LogP contribution in [0.5, 0.6) is 0 Å². The van der Waals surface area contributed by atoms with Crippen LogP contribution < -0.4 is 15.9 Å². The van der Waals surface area contributed by atoms with E-state index in [9.17, 15) is 0 Å². The lowest BCUT2D eigenvalue weighted by atomic mass is 10.1. The van der Waals surface area contributed by atoms with Gasteiger partial charge in [-0.3, -0.25) is 0 Å². The molecule has 0 spiro atoms. The van der Waals surface area contributed by atoms with Gasteiger partial charge in [-0.1, -0.05) is 135 Å². The zero-order valence-electron chi connectivity index (χ0n) is 23.2. The summed E-state index contributed by atoms with van der Waals surface area (Å²) in [6.07, 6.45) is 16.0. The topological polar surface area (TPSA) is 9.23 Å². The second kappa shape index (κ2) is 16.0. The highest BCUT2D eigenvalue weighted by Crippen LogP contribution is 2.55. The van der Waals surface area contributed by atoms with E-state index in [1.54, 1.807) is 0 Å². The van der Waals surface area contributed by atoms with Crippen LogP contribution in [0.15, 0.2) is 146 Å². The molecule has 0 aromatic heterocycles. The third-order valence-corrected chi connectivity index (χ3v) is 11.7. The van der Waals surface area contributed by atoms with Gasteiger partial charge in [-0.2, -0.15) is 0 Å². The Labute approximate surface area is 236 Å². The number of hydrogen-bond donors (Lipinski definition) is 0. The Morgan fingerprint density at radius 3 is 1.67 bits per heavy atom. The van der Waals surface area contributed by atoms with Crippen molar-refractivity contribution in [1.82, 2.24) is 0 Å². The molecule has 0 aliphatic carbocycles. The molecule has 0 saturated carbocycles. The highest BCUT2D eigenvalue weighted by molar-refractivity contribution is 7.95. The first kappa shape index (κ1) is 28.8. The number of unbranched alkanes of at least 4 members (excludes halogenated alkanes) is 2. The molecule has 4 aromatic rings. The molecule has 1 nitrogen and oxygen atoms in total. The van der Waals surface area contributed by atoms with Crippen LogP contribution in [0.3, 0.4) is 0 Å². The Kier molecular flexibility index (Phi) is 11.8. The van der Waals surface area contributed by atoms with Crippen molar-refractivity contribution in [3.05, 3.63) is 151 Å². The summed E-state index contributed by atoms with van der Waals surface area (Å²) >= 11 is 0. The molecule has 0 radical (unpaired) electrons. The fraction of sp³-hybridized carbons (Fsp3) is 0.243. The molecule has 0 saturated heterocycles. The largest absolute Gasteiger partial charge is 0.369 e. The van der Waals surface area contributed by atoms with Gasteiger partial charge in [0.15, 0.2) is 0 Å². The monoisotopic (exact) mass is 533 g/mol. The van der Waals surface area contributed by atoms with Gasteiger partial charge < -0.3 is 4.74 Å². The lowest BCUT2D eigenvalue weighted by Gasteiger charge is -2.27.